The van der Waals surface area contributed by atoms with Crippen LogP contribution in [0.25, 0.3) is 0 Å². The number of aromatic amines is 1. The fourth-order valence-electron chi connectivity index (χ4n) is 4.70. The molecule has 8 heteroatoms. The molecule has 2 saturated heterocycles. The molecule has 1 aromatic heterocycles. The Labute approximate surface area is 168 Å². The predicted molar refractivity (Wildman–Crippen MR) is 106 cm³/mol. The molecule has 0 radical (unpaired) electrons. The molecule has 8 nitrogen and oxygen atoms in total. The van der Waals surface area contributed by atoms with Gasteiger partial charge in [-0.3, -0.25) is 15.0 Å². The molecule has 3 aliphatic heterocycles. The van der Waals surface area contributed by atoms with E-state index >= 15 is 0 Å². The zero-order valence-electron chi connectivity index (χ0n) is 16.5. The van der Waals surface area contributed by atoms with Gasteiger partial charge in [0.2, 0.25) is 6.79 Å². The second-order valence-corrected chi connectivity index (χ2v) is 8.03. The number of hydrogen-bond acceptors (Lipinski definition) is 6. The van der Waals surface area contributed by atoms with Crippen molar-refractivity contribution in [3.8, 4) is 11.5 Å². The van der Waals surface area contributed by atoms with Crippen LogP contribution in [0, 0.1) is 19.8 Å². The van der Waals surface area contributed by atoms with Crippen molar-refractivity contribution < 1.29 is 14.3 Å². The summed E-state index contributed by atoms with van der Waals surface area (Å²) in [6.07, 6.45) is 0.827. The highest BCUT2D eigenvalue weighted by Crippen LogP contribution is 2.39. The Bertz CT molecular complexity index is 1030. The van der Waals surface area contributed by atoms with Crippen LogP contribution >= 0.6 is 0 Å². The lowest BCUT2D eigenvalue weighted by Gasteiger charge is -2.36. The minimum atomic E-state index is -0.315. The van der Waals surface area contributed by atoms with E-state index < -0.39 is 0 Å². The van der Waals surface area contributed by atoms with Crippen molar-refractivity contribution >= 4 is 5.91 Å². The van der Waals surface area contributed by atoms with Gasteiger partial charge < -0.3 is 19.4 Å². The van der Waals surface area contributed by atoms with Crippen LogP contribution < -0.4 is 25.9 Å². The Kier molecular flexibility index (Phi) is 4.33. The van der Waals surface area contributed by atoms with E-state index in [1.165, 1.54) is 0 Å². The lowest BCUT2D eigenvalue weighted by molar-refractivity contribution is 0.0649. The number of piperidine rings is 1. The number of nitrogens with zero attached hydrogens (tertiary/aromatic N) is 1. The monoisotopic (exact) mass is 396 g/mol. The smallest absolute Gasteiger partial charge is 0.261 e. The first-order chi connectivity index (χ1) is 14.0. The van der Waals surface area contributed by atoms with Gasteiger partial charge in [0.05, 0.1) is 6.04 Å². The summed E-state index contributed by atoms with van der Waals surface area (Å²) < 4.78 is 10.9. The van der Waals surface area contributed by atoms with Gasteiger partial charge in [-0.1, -0.05) is 6.07 Å². The van der Waals surface area contributed by atoms with Crippen LogP contribution in [0.2, 0.25) is 0 Å². The number of benzene rings is 1. The van der Waals surface area contributed by atoms with Crippen LogP contribution in [0.1, 0.15) is 39.6 Å². The normalized spacial score (nSPS) is 25.2. The van der Waals surface area contributed by atoms with Gasteiger partial charge >= 0.3 is 0 Å². The zero-order chi connectivity index (χ0) is 20.1. The summed E-state index contributed by atoms with van der Waals surface area (Å²) in [5.74, 6) is 1.50. The molecular formula is C21H24N4O4. The summed E-state index contributed by atoms with van der Waals surface area (Å²) in [4.78, 5) is 30.1. The van der Waals surface area contributed by atoms with E-state index in [1.807, 2.05) is 43.0 Å². The molecule has 2 fully saturated rings. The molecule has 4 heterocycles. The maximum absolute atomic E-state index is 13.2. The van der Waals surface area contributed by atoms with Gasteiger partial charge in [0, 0.05) is 30.7 Å². The summed E-state index contributed by atoms with van der Waals surface area (Å²) in [7, 11) is 0. The number of rotatable bonds is 2. The number of fused-ring (bicyclic) bond motifs is 2. The number of amides is 1. The van der Waals surface area contributed by atoms with Crippen molar-refractivity contribution in [1.29, 1.82) is 0 Å². The van der Waals surface area contributed by atoms with E-state index in [9.17, 15) is 9.59 Å². The molecule has 0 spiro atoms. The highest BCUT2D eigenvalue weighted by molar-refractivity contribution is 5.95. The third-order valence-electron chi connectivity index (χ3n) is 6.13. The van der Waals surface area contributed by atoms with Gasteiger partial charge in [0.25, 0.3) is 11.5 Å². The Morgan fingerprint density at radius 3 is 2.79 bits per heavy atom. The van der Waals surface area contributed by atoms with Crippen LogP contribution in [0.15, 0.2) is 29.1 Å². The van der Waals surface area contributed by atoms with E-state index in [0.717, 1.165) is 29.2 Å². The van der Waals surface area contributed by atoms with E-state index in [2.05, 4.69) is 15.8 Å². The van der Waals surface area contributed by atoms with Gasteiger partial charge in [-0.25, -0.2) is 5.43 Å². The fraction of sp³-hybridized carbons (Fsp3) is 0.429. The molecule has 29 heavy (non-hydrogen) atoms. The highest BCUT2D eigenvalue weighted by atomic mass is 16.7. The molecule has 2 aromatic rings. The van der Waals surface area contributed by atoms with Crippen molar-refractivity contribution in [2.75, 3.05) is 19.9 Å². The summed E-state index contributed by atoms with van der Waals surface area (Å²) in [6, 6.07) is 8.11. The van der Waals surface area contributed by atoms with Crippen LogP contribution in [0.4, 0.5) is 0 Å². The lowest BCUT2D eigenvalue weighted by atomic mass is 9.84. The van der Waals surface area contributed by atoms with Crippen molar-refractivity contribution in [3.05, 3.63) is 57.0 Å². The maximum atomic E-state index is 13.2. The van der Waals surface area contributed by atoms with Crippen LogP contribution in [0.5, 0.6) is 11.5 Å². The van der Waals surface area contributed by atoms with Gasteiger partial charge in [-0.2, -0.15) is 0 Å². The standard InChI is InChI=1S/C21H24N4O4/c1-11-7-12(2)22-20(26)18(11)21(27)25-6-5-15-14(9-25)19(24-23-15)13-3-4-16-17(8-13)29-10-28-16/h3-4,7-8,14-15,19,23-24H,5-6,9-10H2,1-2H3,(H,22,26). The van der Waals surface area contributed by atoms with Crippen molar-refractivity contribution in [2.45, 2.75) is 32.4 Å². The third kappa shape index (κ3) is 3.08. The Morgan fingerprint density at radius 1 is 1.14 bits per heavy atom. The zero-order valence-corrected chi connectivity index (χ0v) is 16.5. The predicted octanol–water partition coefficient (Wildman–Crippen LogP) is 1.40. The molecule has 0 bridgehead atoms. The van der Waals surface area contributed by atoms with Crippen molar-refractivity contribution in [3.63, 3.8) is 0 Å². The summed E-state index contributed by atoms with van der Waals surface area (Å²) in [6.45, 7) is 5.08. The Hall–Kier alpha value is -2.84. The second kappa shape index (κ2) is 6.89. The molecule has 3 aliphatic rings. The number of carbonyl (C=O) groups is 1. The largest absolute Gasteiger partial charge is 0.454 e. The number of aromatic nitrogens is 1. The third-order valence-corrected chi connectivity index (χ3v) is 6.13. The minimum Gasteiger partial charge on any atom is -0.454 e. The van der Waals surface area contributed by atoms with Crippen LogP contribution in [-0.2, 0) is 0 Å². The van der Waals surface area contributed by atoms with Gasteiger partial charge in [-0.15, -0.1) is 0 Å². The second-order valence-electron chi connectivity index (χ2n) is 8.03. The van der Waals surface area contributed by atoms with E-state index in [1.54, 1.807) is 0 Å². The van der Waals surface area contributed by atoms with Crippen LogP contribution in [-0.4, -0.2) is 41.7 Å². The first-order valence-electron chi connectivity index (χ1n) is 9.91. The number of carbonyl (C=O) groups excluding carboxylic acids is 1. The van der Waals surface area contributed by atoms with E-state index in [0.29, 0.717) is 18.7 Å². The Morgan fingerprint density at radius 2 is 1.97 bits per heavy atom. The average Bonchev–Trinajstić information content (AvgIpc) is 3.32. The van der Waals surface area contributed by atoms with Crippen molar-refractivity contribution in [2.24, 2.45) is 5.92 Å². The number of H-pyrrole nitrogens is 1. The van der Waals surface area contributed by atoms with Gasteiger partial charge in [0.1, 0.15) is 5.56 Å². The molecule has 3 unspecified atom stereocenters. The Balaban J connectivity index is 1.40. The van der Waals surface area contributed by atoms with E-state index in [-0.39, 0.29) is 41.8 Å². The topological polar surface area (TPSA) is 95.7 Å². The molecule has 1 amide bonds. The number of likely N-dealkylation sites (tertiary alicyclic amines) is 1. The maximum Gasteiger partial charge on any atom is 0.261 e. The lowest BCUT2D eigenvalue weighted by Crippen LogP contribution is -2.49. The molecule has 1 aromatic carbocycles. The summed E-state index contributed by atoms with van der Waals surface area (Å²) >= 11 is 0. The number of aryl methyl sites for hydroxylation is 2. The number of nitrogens with one attached hydrogen (secondary N) is 3. The molecular weight excluding hydrogens is 372 g/mol. The summed E-state index contributed by atoms with van der Waals surface area (Å²) in [5.41, 5.74) is 9.25. The minimum absolute atomic E-state index is 0.0440. The van der Waals surface area contributed by atoms with Gasteiger partial charge in [0.15, 0.2) is 11.5 Å². The number of hydrazine groups is 1. The first kappa shape index (κ1) is 18.2. The van der Waals surface area contributed by atoms with Crippen LogP contribution in [0.3, 0.4) is 0 Å². The van der Waals surface area contributed by atoms with Gasteiger partial charge in [-0.05, 0) is 49.6 Å². The van der Waals surface area contributed by atoms with E-state index in [4.69, 9.17) is 9.47 Å². The molecule has 5 rings (SSSR count). The summed E-state index contributed by atoms with van der Waals surface area (Å²) in [5, 5.41) is 0. The SMILES string of the molecule is Cc1cc(C)c(C(=O)N2CCC3NNC(c4ccc5c(c4)OCO5)C3C2)c(=O)[nH]1. The molecule has 3 atom stereocenters. The fourth-order valence-corrected chi connectivity index (χ4v) is 4.70. The number of hydrogen-bond donors (Lipinski definition) is 3. The molecule has 152 valence electrons. The molecule has 0 aliphatic carbocycles. The highest BCUT2D eigenvalue weighted by Gasteiger charge is 2.42. The molecule has 3 N–H and O–H groups in total. The number of pyridine rings is 1. The van der Waals surface area contributed by atoms with Crippen molar-refractivity contribution in [1.82, 2.24) is 20.7 Å². The quantitative estimate of drug-likeness (QED) is 0.710. The molecule has 0 saturated carbocycles. The first-order valence-corrected chi connectivity index (χ1v) is 9.91. The average molecular weight is 396 g/mol. The number of ether oxygens (including phenoxy) is 2.